The lowest BCUT2D eigenvalue weighted by Crippen LogP contribution is -2.11. The van der Waals surface area contributed by atoms with Gasteiger partial charge in [-0.15, -0.1) is 0 Å². The summed E-state index contributed by atoms with van der Waals surface area (Å²) in [5.41, 5.74) is 17.7. The predicted octanol–water partition coefficient (Wildman–Crippen LogP) is 17.5. The zero-order valence-electron chi connectivity index (χ0n) is 36.1. The molecule has 65 heavy (non-hydrogen) atoms. The fourth-order valence-electron chi connectivity index (χ4n) is 9.74. The van der Waals surface area contributed by atoms with Crippen LogP contribution in [0.4, 0.5) is 17.1 Å². The van der Waals surface area contributed by atoms with Crippen molar-refractivity contribution in [2.24, 2.45) is 0 Å². The third-order valence-corrected chi connectivity index (χ3v) is 13.1. The molecule has 2 heteroatoms. The Labute approximate surface area is 379 Å². The molecule has 0 aliphatic heterocycles. The molecule has 0 aliphatic rings. The molecule has 0 saturated carbocycles. The maximum absolute atomic E-state index is 2.39. The van der Waals surface area contributed by atoms with Crippen molar-refractivity contribution < 1.29 is 0 Å². The van der Waals surface area contributed by atoms with Crippen LogP contribution in [-0.2, 0) is 0 Å². The van der Waals surface area contributed by atoms with Crippen molar-refractivity contribution in [3.05, 3.63) is 254 Å². The normalized spacial score (nSPS) is 11.5. The van der Waals surface area contributed by atoms with Gasteiger partial charge in [0.25, 0.3) is 0 Å². The second kappa shape index (κ2) is 16.0. The Bertz CT molecular complexity index is 3650. The first-order valence-electron chi connectivity index (χ1n) is 22.4. The van der Waals surface area contributed by atoms with Gasteiger partial charge in [0.15, 0.2) is 0 Å². The number of hydrogen-bond acceptors (Lipinski definition) is 1. The van der Waals surface area contributed by atoms with Gasteiger partial charge in [0, 0.05) is 33.5 Å². The van der Waals surface area contributed by atoms with Gasteiger partial charge in [-0.1, -0.05) is 176 Å². The maximum atomic E-state index is 2.39. The number of fused-ring (bicyclic) bond motifs is 5. The second-order valence-corrected chi connectivity index (χ2v) is 17.1. The van der Waals surface area contributed by atoms with E-state index in [-0.39, 0.29) is 0 Å². The summed E-state index contributed by atoms with van der Waals surface area (Å²) in [6.45, 7) is 2.23. The highest BCUT2D eigenvalue weighted by molar-refractivity contribution is 6.09. The van der Waals surface area contributed by atoms with Gasteiger partial charge in [0.2, 0.25) is 0 Å². The maximum Gasteiger partial charge on any atom is 0.0541 e. The first-order valence-corrected chi connectivity index (χ1v) is 22.4. The summed E-state index contributed by atoms with van der Waals surface area (Å²) in [5.74, 6) is 0. The van der Waals surface area contributed by atoms with Gasteiger partial charge in [-0.3, -0.25) is 0 Å². The van der Waals surface area contributed by atoms with Crippen LogP contribution in [0.1, 0.15) is 5.56 Å². The molecule has 0 saturated heterocycles. The molecular formula is C63H44N2. The number of benzene rings is 11. The van der Waals surface area contributed by atoms with Crippen LogP contribution in [0.15, 0.2) is 249 Å². The molecule has 0 atom stereocenters. The summed E-state index contributed by atoms with van der Waals surface area (Å²) in [4.78, 5) is 2.39. The topological polar surface area (TPSA) is 8.17 Å². The average molecular weight is 829 g/mol. The van der Waals surface area contributed by atoms with Gasteiger partial charge >= 0.3 is 0 Å². The molecule has 0 N–H and O–H groups in total. The first kappa shape index (κ1) is 38.2. The molecule has 1 aromatic heterocycles. The zero-order chi connectivity index (χ0) is 43.3. The fraction of sp³-hybridized carbons (Fsp3) is 0.0159. The zero-order valence-corrected chi connectivity index (χ0v) is 36.1. The van der Waals surface area contributed by atoms with Gasteiger partial charge in [-0.05, 0) is 151 Å². The molecule has 0 bridgehead atoms. The van der Waals surface area contributed by atoms with Crippen LogP contribution < -0.4 is 4.90 Å². The van der Waals surface area contributed by atoms with Crippen molar-refractivity contribution in [1.82, 2.24) is 4.57 Å². The molecule has 306 valence electrons. The van der Waals surface area contributed by atoms with Crippen LogP contribution in [0.5, 0.6) is 0 Å². The van der Waals surface area contributed by atoms with Crippen LogP contribution in [0.25, 0.3) is 93.5 Å². The minimum atomic E-state index is 1.10. The summed E-state index contributed by atoms with van der Waals surface area (Å²) in [6, 6.07) is 90.8. The van der Waals surface area contributed by atoms with Crippen molar-refractivity contribution in [1.29, 1.82) is 0 Å². The van der Waals surface area contributed by atoms with E-state index >= 15 is 0 Å². The van der Waals surface area contributed by atoms with Crippen molar-refractivity contribution in [3.63, 3.8) is 0 Å². The van der Waals surface area contributed by atoms with Gasteiger partial charge in [0.05, 0.1) is 11.0 Å². The number of aromatic nitrogens is 1. The number of aryl methyl sites for hydroxylation is 1. The Hall–Kier alpha value is -8.46. The van der Waals surface area contributed by atoms with E-state index in [4.69, 9.17) is 0 Å². The van der Waals surface area contributed by atoms with E-state index in [0.29, 0.717) is 0 Å². The van der Waals surface area contributed by atoms with E-state index in [9.17, 15) is 0 Å². The lowest BCUT2D eigenvalue weighted by atomic mass is 9.98. The Balaban J connectivity index is 0.898. The summed E-state index contributed by atoms with van der Waals surface area (Å²) in [7, 11) is 0. The standard InChI is InChI=1S/C63H44N2/c1-43-39-53(52-15-10-16-58(42-52)65-62-19-8-6-17-59(62)60-18-7-9-20-63(60)65)33-38-61(43)64(57-36-31-49(32-37-57)55-28-26-45-12-3-5-14-51(45)41-55)56-34-29-47(30-35-56)46-21-23-48(24-22-46)54-27-25-44-11-2-4-13-50(44)40-54/h2-42H,1H3. The highest BCUT2D eigenvalue weighted by atomic mass is 15.1. The highest BCUT2D eigenvalue weighted by Gasteiger charge is 2.18. The van der Waals surface area contributed by atoms with E-state index in [2.05, 4.69) is 265 Å². The fourth-order valence-corrected chi connectivity index (χ4v) is 9.74. The summed E-state index contributed by atoms with van der Waals surface area (Å²) in [6.07, 6.45) is 0. The lowest BCUT2D eigenvalue weighted by Gasteiger charge is -2.28. The summed E-state index contributed by atoms with van der Waals surface area (Å²) < 4.78 is 2.39. The van der Waals surface area contributed by atoms with Gasteiger partial charge in [-0.2, -0.15) is 0 Å². The van der Waals surface area contributed by atoms with Crippen LogP contribution in [-0.4, -0.2) is 4.57 Å². The summed E-state index contributed by atoms with van der Waals surface area (Å²) in [5, 5.41) is 7.54. The number of nitrogens with zero attached hydrogens (tertiary/aromatic N) is 2. The Morgan fingerprint density at radius 2 is 0.692 bits per heavy atom. The van der Waals surface area contributed by atoms with E-state index in [0.717, 1.165) is 22.7 Å². The van der Waals surface area contributed by atoms with Crippen molar-refractivity contribution >= 4 is 60.4 Å². The molecular weight excluding hydrogens is 785 g/mol. The highest BCUT2D eigenvalue weighted by Crippen LogP contribution is 2.41. The number of hydrogen-bond donors (Lipinski definition) is 0. The average Bonchev–Trinajstić information content (AvgIpc) is 3.71. The van der Waals surface area contributed by atoms with Gasteiger partial charge in [-0.25, -0.2) is 0 Å². The number of para-hydroxylation sites is 2. The molecule has 12 rings (SSSR count). The minimum Gasteiger partial charge on any atom is -0.310 e. The third-order valence-electron chi connectivity index (χ3n) is 13.1. The summed E-state index contributed by atoms with van der Waals surface area (Å²) >= 11 is 0. The SMILES string of the molecule is Cc1cc(-c2cccc(-n3c4ccccc4c4ccccc43)c2)ccc1N(c1ccc(-c2ccc(-c3ccc4ccccc4c3)cc2)cc1)c1ccc(-c2ccc3ccccc3c2)cc1. The van der Waals surface area contributed by atoms with Crippen LogP contribution in [0, 0.1) is 6.92 Å². The van der Waals surface area contributed by atoms with Gasteiger partial charge < -0.3 is 9.47 Å². The number of rotatable bonds is 8. The monoisotopic (exact) mass is 828 g/mol. The molecule has 0 unspecified atom stereocenters. The largest absolute Gasteiger partial charge is 0.310 e. The molecule has 0 spiro atoms. The van der Waals surface area contributed by atoms with Crippen molar-refractivity contribution in [2.75, 3.05) is 4.90 Å². The molecule has 0 radical (unpaired) electrons. The van der Waals surface area contributed by atoms with Crippen LogP contribution in [0.3, 0.4) is 0 Å². The Morgan fingerprint density at radius 3 is 1.22 bits per heavy atom. The van der Waals surface area contributed by atoms with Gasteiger partial charge in [0.1, 0.15) is 0 Å². The molecule has 0 amide bonds. The lowest BCUT2D eigenvalue weighted by molar-refractivity contribution is 1.18. The Morgan fingerprint density at radius 1 is 0.292 bits per heavy atom. The molecule has 0 aliphatic carbocycles. The molecule has 1 heterocycles. The molecule has 2 nitrogen and oxygen atoms in total. The number of anilines is 3. The van der Waals surface area contributed by atoms with Crippen LogP contribution in [0.2, 0.25) is 0 Å². The molecule has 12 aromatic rings. The van der Waals surface area contributed by atoms with E-state index in [1.807, 2.05) is 0 Å². The predicted molar refractivity (Wildman–Crippen MR) is 277 cm³/mol. The van der Waals surface area contributed by atoms with Crippen LogP contribution >= 0.6 is 0 Å². The second-order valence-electron chi connectivity index (χ2n) is 17.1. The minimum absolute atomic E-state index is 1.10. The Kier molecular flexibility index (Phi) is 9.43. The third kappa shape index (κ3) is 7.03. The van der Waals surface area contributed by atoms with E-state index < -0.39 is 0 Å². The molecule has 11 aromatic carbocycles. The first-order chi connectivity index (χ1) is 32.1. The van der Waals surface area contributed by atoms with E-state index in [1.165, 1.54) is 93.4 Å². The van der Waals surface area contributed by atoms with Crippen molar-refractivity contribution in [3.8, 4) is 50.2 Å². The smallest absolute Gasteiger partial charge is 0.0541 e. The quantitative estimate of drug-likeness (QED) is 0.148. The molecule has 0 fully saturated rings. The van der Waals surface area contributed by atoms with Crippen molar-refractivity contribution in [2.45, 2.75) is 6.92 Å². The van der Waals surface area contributed by atoms with E-state index in [1.54, 1.807) is 0 Å².